The van der Waals surface area contributed by atoms with Gasteiger partial charge in [-0.3, -0.25) is 9.69 Å². The Morgan fingerprint density at radius 3 is 2.74 bits per heavy atom. The van der Waals surface area contributed by atoms with Gasteiger partial charge in [0.05, 0.1) is 17.5 Å². The second-order valence-corrected chi connectivity index (χ2v) is 7.41. The standard InChI is InChI=1S/C16H22N4O2S/c1-9-10(2)16(23-11(9)3)18-14(21)8-20-6-5-13(7-20)15-17-12(4)19-22-15/h13H,5-8H2,1-4H3,(H,18,21). The minimum atomic E-state index is 0.0386. The van der Waals surface area contributed by atoms with Crippen LogP contribution in [0.5, 0.6) is 0 Å². The maximum Gasteiger partial charge on any atom is 0.239 e. The van der Waals surface area contributed by atoms with Crippen molar-refractivity contribution in [3.63, 3.8) is 0 Å². The zero-order valence-corrected chi connectivity index (χ0v) is 14.8. The summed E-state index contributed by atoms with van der Waals surface area (Å²) in [6.07, 6.45) is 0.950. The number of aromatic nitrogens is 2. The molecule has 1 fully saturated rings. The first-order chi connectivity index (χ1) is 10.9. The molecule has 0 spiro atoms. The predicted octanol–water partition coefficient (Wildman–Crippen LogP) is 2.79. The first-order valence-electron chi connectivity index (χ1n) is 7.83. The number of aryl methyl sites for hydroxylation is 2. The summed E-state index contributed by atoms with van der Waals surface area (Å²) in [5.41, 5.74) is 2.43. The number of nitrogens with one attached hydrogen (secondary N) is 1. The summed E-state index contributed by atoms with van der Waals surface area (Å²) in [7, 11) is 0. The third-order valence-corrected chi connectivity index (χ3v) is 5.70. The van der Waals surface area contributed by atoms with Gasteiger partial charge in [0.15, 0.2) is 5.82 Å². The van der Waals surface area contributed by atoms with Gasteiger partial charge in [0.25, 0.3) is 0 Å². The number of likely N-dealkylation sites (tertiary alicyclic amines) is 1. The normalized spacial score (nSPS) is 18.5. The molecular formula is C16H22N4O2S. The van der Waals surface area contributed by atoms with Crippen molar-refractivity contribution in [1.29, 1.82) is 0 Å². The van der Waals surface area contributed by atoms with Gasteiger partial charge >= 0.3 is 0 Å². The molecule has 0 aromatic carbocycles. The Bertz CT molecular complexity index is 722. The largest absolute Gasteiger partial charge is 0.339 e. The van der Waals surface area contributed by atoms with Crippen LogP contribution in [0.25, 0.3) is 0 Å². The van der Waals surface area contributed by atoms with E-state index in [1.54, 1.807) is 11.3 Å². The van der Waals surface area contributed by atoms with Crippen molar-refractivity contribution in [2.45, 2.75) is 40.0 Å². The number of hydrogen-bond acceptors (Lipinski definition) is 6. The van der Waals surface area contributed by atoms with Crippen molar-refractivity contribution in [1.82, 2.24) is 15.0 Å². The minimum absolute atomic E-state index is 0.0386. The molecule has 1 saturated heterocycles. The first kappa shape index (κ1) is 16.1. The third-order valence-electron chi connectivity index (χ3n) is 4.47. The fraction of sp³-hybridized carbons (Fsp3) is 0.562. The predicted molar refractivity (Wildman–Crippen MR) is 90.0 cm³/mol. The number of rotatable bonds is 4. The van der Waals surface area contributed by atoms with Gasteiger partial charge in [0, 0.05) is 11.4 Å². The van der Waals surface area contributed by atoms with Crippen LogP contribution < -0.4 is 5.32 Å². The van der Waals surface area contributed by atoms with Crippen molar-refractivity contribution in [3.8, 4) is 0 Å². The molecule has 124 valence electrons. The van der Waals surface area contributed by atoms with E-state index in [-0.39, 0.29) is 11.8 Å². The van der Waals surface area contributed by atoms with E-state index in [1.807, 2.05) is 6.92 Å². The van der Waals surface area contributed by atoms with Crippen molar-refractivity contribution < 1.29 is 9.32 Å². The van der Waals surface area contributed by atoms with Crippen molar-refractivity contribution >= 4 is 22.2 Å². The van der Waals surface area contributed by atoms with E-state index in [4.69, 9.17) is 4.52 Å². The third kappa shape index (κ3) is 3.45. The van der Waals surface area contributed by atoms with Gasteiger partial charge in [-0.2, -0.15) is 4.98 Å². The highest BCUT2D eigenvalue weighted by atomic mass is 32.1. The van der Waals surface area contributed by atoms with Crippen LogP contribution in [-0.4, -0.2) is 40.6 Å². The van der Waals surface area contributed by atoms with Crippen molar-refractivity contribution in [2.24, 2.45) is 0 Å². The second kappa shape index (κ2) is 6.41. The molecule has 1 unspecified atom stereocenters. The van der Waals surface area contributed by atoms with Crippen molar-refractivity contribution in [2.75, 3.05) is 25.0 Å². The number of carbonyl (C=O) groups is 1. The quantitative estimate of drug-likeness (QED) is 0.931. The van der Waals surface area contributed by atoms with Gasteiger partial charge in [-0.25, -0.2) is 0 Å². The molecule has 0 radical (unpaired) electrons. The molecule has 6 nitrogen and oxygen atoms in total. The molecule has 2 aromatic heterocycles. The van der Waals surface area contributed by atoms with E-state index >= 15 is 0 Å². The van der Waals surface area contributed by atoms with Crippen LogP contribution in [0, 0.1) is 27.7 Å². The highest BCUT2D eigenvalue weighted by Crippen LogP contribution is 2.31. The number of hydrogen-bond donors (Lipinski definition) is 1. The molecule has 3 heterocycles. The molecular weight excluding hydrogens is 312 g/mol. The van der Waals surface area contributed by atoms with Crippen molar-refractivity contribution in [3.05, 3.63) is 27.7 Å². The van der Waals surface area contributed by atoms with Crippen LogP contribution in [0.2, 0.25) is 0 Å². The molecule has 7 heteroatoms. The molecule has 2 aromatic rings. The zero-order chi connectivity index (χ0) is 16.6. The van der Waals surface area contributed by atoms with Crippen LogP contribution >= 0.6 is 11.3 Å². The summed E-state index contributed by atoms with van der Waals surface area (Å²) in [6.45, 7) is 10.1. The Labute approximate surface area is 139 Å². The van der Waals surface area contributed by atoms with Gasteiger partial charge in [-0.1, -0.05) is 5.16 Å². The summed E-state index contributed by atoms with van der Waals surface area (Å²) in [4.78, 5) is 20.0. The van der Waals surface area contributed by atoms with Gasteiger partial charge in [0.1, 0.15) is 0 Å². The molecule has 1 aliphatic heterocycles. The lowest BCUT2D eigenvalue weighted by Crippen LogP contribution is -2.31. The van der Waals surface area contributed by atoms with E-state index in [0.29, 0.717) is 18.3 Å². The van der Waals surface area contributed by atoms with E-state index in [2.05, 4.69) is 41.1 Å². The summed E-state index contributed by atoms with van der Waals surface area (Å²) in [6, 6.07) is 0. The molecule has 0 saturated carbocycles. The lowest BCUT2D eigenvalue weighted by Gasteiger charge is -2.14. The first-order valence-corrected chi connectivity index (χ1v) is 8.64. The Hall–Kier alpha value is -1.73. The van der Waals surface area contributed by atoms with E-state index in [1.165, 1.54) is 16.0 Å². The summed E-state index contributed by atoms with van der Waals surface area (Å²) in [5.74, 6) is 1.62. The van der Waals surface area contributed by atoms with Crippen LogP contribution in [-0.2, 0) is 4.79 Å². The lowest BCUT2D eigenvalue weighted by molar-refractivity contribution is -0.117. The van der Waals surface area contributed by atoms with Crippen LogP contribution in [0.15, 0.2) is 4.52 Å². The summed E-state index contributed by atoms with van der Waals surface area (Å²) >= 11 is 1.64. The van der Waals surface area contributed by atoms with Gasteiger partial charge in [-0.05, 0) is 51.8 Å². The topological polar surface area (TPSA) is 71.3 Å². The molecule has 3 rings (SSSR count). The maximum absolute atomic E-state index is 12.3. The Morgan fingerprint density at radius 2 is 2.13 bits per heavy atom. The number of nitrogens with zero attached hydrogens (tertiary/aromatic N) is 3. The average molecular weight is 334 g/mol. The van der Waals surface area contributed by atoms with E-state index in [0.717, 1.165) is 24.5 Å². The van der Waals surface area contributed by atoms with Crippen LogP contribution in [0.3, 0.4) is 0 Å². The lowest BCUT2D eigenvalue weighted by atomic mass is 10.1. The maximum atomic E-state index is 12.3. The summed E-state index contributed by atoms with van der Waals surface area (Å²) < 4.78 is 5.24. The zero-order valence-electron chi connectivity index (χ0n) is 14.0. The molecule has 1 atom stereocenters. The highest BCUT2D eigenvalue weighted by molar-refractivity contribution is 7.16. The number of amides is 1. The number of anilines is 1. The van der Waals surface area contributed by atoms with Gasteiger partial charge in [0.2, 0.25) is 11.8 Å². The highest BCUT2D eigenvalue weighted by Gasteiger charge is 2.29. The molecule has 1 aliphatic rings. The number of carbonyl (C=O) groups excluding carboxylic acids is 1. The second-order valence-electron chi connectivity index (χ2n) is 6.19. The van der Waals surface area contributed by atoms with Gasteiger partial charge in [-0.15, -0.1) is 11.3 Å². The average Bonchev–Trinajstić information content (AvgIpc) is 3.18. The Morgan fingerprint density at radius 1 is 1.35 bits per heavy atom. The molecule has 1 N–H and O–H groups in total. The fourth-order valence-corrected chi connectivity index (χ4v) is 3.97. The summed E-state index contributed by atoms with van der Waals surface area (Å²) in [5, 5.41) is 7.85. The molecule has 0 bridgehead atoms. The number of thiophene rings is 1. The monoisotopic (exact) mass is 334 g/mol. The van der Waals surface area contributed by atoms with E-state index in [9.17, 15) is 4.79 Å². The fourth-order valence-electron chi connectivity index (χ4n) is 2.89. The smallest absolute Gasteiger partial charge is 0.239 e. The SMILES string of the molecule is Cc1noc(C2CCN(CC(=O)Nc3sc(C)c(C)c3C)C2)n1. The minimum Gasteiger partial charge on any atom is -0.339 e. The molecule has 0 aliphatic carbocycles. The molecule has 23 heavy (non-hydrogen) atoms. The van der Waals surface area contributed by atoms with Crippen LogP contribution in [0.4, 0.5) is 5.00 Å². The van der Waals surface area contributed by atoms with Gasteiger partial charge < -0.3 is 9.84 Å². The van der Waals surface area contributed by atoms with Crippen LogP contribution in [0.1, 0.15) is 40.1 Å². The van der Waals surface area contributed by atoms with E-state index < -0.39 is 0 Å². The Balaban J connectivity index is 1.55. The molecule has 1 amide bonds. The Kier molecular flexibility index (Phi) is 4.50.